The second-order valence-electron chi connectivity index (χ2n) is 2.03. The lowest BCUT2D eigenvalue weighted by Crippen LogP contribution is -1.94. The second kappa shape index (κ2) is 3.49. The van der Waals surface area contributed by atoms with Gasteiger partial charge in [0, 0.05) is 5.56 Å². The Hall–Kier alpha value is -0.480. The molecule has 0 N–H and O–H groups in total. The Morgan fingerprint density at radius 1 is 1.42 bits per heavy atom. The summed E-state index contributed by atoms with van der Waals surface area (Å²) in [5, 5.41) is -0.824. The highest BCUT2D eigenvalue weighted by molar-refractivity contribution is 9.10. The normalized spacial score (nSPS) is 10.0. The van der Waals surface area contributed by atoms with Gasteiger partial charge in [0.1, 0.15) is 0 Å². The van der Waals surface area contributed by atoms with E-state index in [0.29, 0.717) is 0 Å². The molecule has 0 aliphatic carbocycles. The number of carbonyl (C=O) groups excluding carboxylic acids is 1. The third-order valence-corrected chi connectivity index (χ3v) is 2.01. The fourth-order valence-corrected chi connectivity index (χ4v) is 1.21. The molecule has 1 nitrogen and oxygen atoms in total. The van der Waals surface area contributed by atoms with Gasteiger partial charge in [0.2, 0.25) is 0 Å². The molecule has 1 aromatic carbocycles. The molecule has 0 fully saturated rings. The molecule has 0 spiro atoms. The number of rotatable bonds is 1. The zero-order valence-corrected chi connectivity index (χ0v) is 7.92. The lowest BCUT2D eigenvalue weighted by atomic mass is 10.2. The van der Waals surface area contributed by atoms with Crippen LogP contribution in [-0.2, 0) is 0 Å². The zero-order valence-electron chi connectivity index (χ0n) is 5.57. The highest BCUT2D eigenvalue weighted by Gasteiger charge is 2.11. The molecule has 0 heterocycles. The van der Waals surface area contributed by atoms with E-state index >= 15 is 0 Å². The summed E-state index contributed by atoms with van der Waals surface area (Å²) in [4.78, 5) is 10.5. The molecule has 0 saturated heterocycles. The number of benzene rings is 1. The molecule has 12 heavy (non-hydrogen) atoms. The average molecular weight is 255 g/mol. The molecular formula is C7H2BrClF2O. The standard InChI is InChI=1S/C7H2BrClF2O/c8-4-1-3(7(9)12)2-5(10)6(4)11/h1-2H. The Morgan fingerprint density at radius 2 is 2.00 bits per heavy atom. The number of halogens is 4. The first-order valence-corrected chi connectivity index (χ1v) is 4.04. The van der Waals surface area contributed by atoms with Crippen molar-refractivity contribution >= 4 is 32.8 Å². The molecule has 64 valence electrons. The summed E-state index contributed by atoms with van der Waals surface area (Å²) in [6, 6.07) is 1.86. The highest BCUT2D eigenvalue weighted by Crippen LogP contribution is 2.21. The van der Waals surface area contributed by atoms with Crippen LogP contribution in [0.4, 0.5) is 8.78 Å². The first kappa shape index (κ1) is 9.61. The van der Waals surface area contributed by atoms with Crippen LogP contribution in [0.2, 0.25) is 0 Å². The van der Waals surface area contributed by atoms with Gasteiger partial charge in [-0.05, 0) is 39.7 Å². The van der Waals surface area contributed by atoms with E-state index in [1.54, 1.807) is 0 Å². The van der Waals surface area contributed by atoms with Crippen LogP contribution in [-0.4, -0.2) is 5.24 Å². The maximum Gasteiger partial charge on any atom is 0.252 e. The van der Waals surface area contributed by atoms with Crippen LogP contribution < -0.4 is 0 Å². The predicted molar refractivity (Wildman–Crippen MR) is 44.2 cm³/mol. The quantitative estimate of drug-likeness (QED) is 0.557. The Labute approximate surface area is 80.5 Å². The summed E-state index contributed by atoms with van der Waals surface area (Å²) in [6.07, 6.45) is 0. The smallest absolute Gasteiger partial charge is 0.252 e. The van der Waals surface area contributed by atoms with Gasteiger partial charge in [0.15, 0.2) is 11.6 Å². The predicted octanol–water partition coefficient (Wildman–Crippen LogP) is 3.11. The Balaban J connectivity index is 3.31. The molecule has 0 aliphatic heterocycles. The molecule has 0 bridgehead atoms. The van der Waals surface area contributed by atoms with Gasteiger partial charge in [0.05, 0.1) is 4.47 Å². The van der Waals surface area contributed by atoms with Crippen LogP contribution in [0, 0.1) is 11.6 Å². The minimum Gasteiger partial charge on any atom is -0.276 e. The molecule has 0 saturated carbocycles. The van der Waals surface area contributed by atoms with Gasteiger partial charge < -0.3 is 0 Å². The first-order valence-electron chi connectivity index (χ1n) is 2.86. The van der Waals surface area contributed by atoms with E-state index in [2.05, 4.69) is 15.9 Å². The lowest BCUT2D eigenvalue weighted by molar-refractivity contribution is 0.108. The zero-order chi connectivity index (χ0) is 9.30. The summed E-state index contributed by atoms with van der Waals surface area (Å²) in [6.45, 7) is 0. The van der Waals surface area contributed by atoms with Crippen molar-refractivity contribution in [1.29, 1.82) is 0 Å². The number of hydrogen-bond acceptors (Lipinski definition) is 1. The fraction of sp³-hybridized carbons (Fsp3) is 0. The molecule has 0 aromatic heterocycles. The van der Waals surface area contributed by atoms with Crippen LogP contribution in [0.5, 0.6) is 0 Å². The largest absolute Gasteiger partial charge is 0.276 e. The maximum absolute atomic E-state index is 12.6. The van der Waals surface area contributed by atoms with Gasteiger partial charge in [-0.3, -0.25) is 4.79 Å². The molecule has 5 heteroatoms. The number of hydrogen-bond donors (Lipinski definition) is 0. The fourth-order valence-electron chi connectivity index (χ4n) is 0.669. The van der Waals surface area contributed by atoms with Gasteiger partial charge in [-0.1, -0.05) is 0 Å². The Bertz CT molecular complexity index is 317. The van der Waals surface area contributed by atoms with Crippen molar-refractivity contribution in [3.05, 3.63) is 33.8 Å². The van der Waals surface area contributed by atoms with E-state index < -0.39 is 16.9 Å². The minimum absolute atomic E-state index is 0.0811. The molecule has 0 unspecified atom stereocenters. The van der Waals surface area contributed by atoms with Gasteiger partial charge in [-0.2, -0.15) is 0 Å². The summed E-state index contributed by atoms with van der Waals surface area (Å²) in [5.74, 6) is -2.13. The van der Waals surface area contributed by atoms with Crippen LogP contribution >= 0.6 is 27.5 Å². The first-order chi connectivity index (χ1) is 5.52. The molecule has 0 amide bonds. The topological polar surface area (TPSA) is 17.1 Å². The number of carbonyl (C=O) groups is 1. The second-order valence-corrected chi connectivity index (χ2v) is 3.23. The van der Waals surface area contributed by atoms with E-state index in [9.17, 15) is 13.6 Å². The highest BCUT2D eigenvalue weighted by atomic mass is 79.9. The summed E-state index contributed by atoms with van der Waals surface area (Å²) in [5.41, 5.74) is -0.0811. The molecule has 0 radical (unpaired) electrons. The van der Waals surface area contributed by atoms with Gasteiger partial charge >= 0.3 is 0 Å². The molecule has 0 atom stereocenters. The van der Waals surface area contributed by atoms with E-state index in [0.717, 1.165) is 12.1 Å². The van der Waals surface area contributed by atoms with Crippen molar-refractivity contribution in [2.24, 2.45) is 0 Å². The van der Waals surface area contributed by atoms with Gasteiger partial charge in [-0.25, -0.2) is 8.78 Å². The van der Waals surface area contributed by atoms with Gasteiger partial charge in [0.25, 0.3) is 5.24 Å². The third-order valence-electron chi connectivity index (χ3n) is 1.21. The minimum atomic E-state index is -1.10. The van der Waals surface area contributed by atoms with Crippen molar-refractivity contribution < 1.29 is 13.6 Å². The van der Waals surface area contributed by atoms with E-state index in [1.807, 2.05) is 0 Å². The summed E-state index contributed by atoms with van der Waals surface area (Å²) < 4.78 is 25.1. The molecule has 1 rings (SSSR count). The van der Waals surface area contributed by atoms with Crippen LogP contribution in [0.15, 0.2) is 16.6 Å². The van der Waals surface area contributed by atoms with Crippen molar-refractivity contribution in [2.75, 3.05) is 0 Å². The summed E-state index contributed by atoms with van der Waals surface area (Å²) in [7, 11) is 0. The van der Waals surface area contributed by atoms with E-state index in [-0.39, 0.29) is 10.0 Å². The maximum atomic E-state index is 12.6. The third kappa shape index (κ3) is 1.81. The van der Waals surface area contributed by atoms with E-state index in [1.165, 1.54) is 0 Å². The van der Waals surface area contributed by atoms with Crippen LogP contribution in [0.25, 0.3) is 0 Å². The van der Waals surface area contributed by atoms with Crippen LogP contribution in [0.1, 0.15) is 10.4 Å². The SMILES string of the molecule is O=C(Cl)c1cc(F)c(F)c(Br)c1. The van der Waals surface area contributed by atoms with E-state index in [4.69, 9.17) is 11.6 Å². The molecular weight excluding hydrogens is 253 g/mol. The molecule has 0 aliphatic rings. The Kier molecular flexibility index (Phi) is 2.80. The van der Waals surface area contributed by atoms with Crippen molar-refractivity contribution in [3.8, 4) is 0 Å². The monoisotopic (exact) mass is 254 g/mol. The average Bonchev–Trinajstić information content (AvgIpc) is 1.99. The summed E-state index contributed by atoms with van der Waals surface area (Å²) >= 11 is 7.79. The van der Waals surface area contributed by atoms with Crippen molar-refractivity contribution in [1.82, 2.24) is 0 Å². The van der Waals surface area contributed by atoms with Crippen LogP contribution in [0.3, 0.4) is 0 Å². The Morgan fingerprint density at radius 3 is 2.42 bits per heavy atom. The van der Waals surface area contributed by atoms with Crippen molar-refractivity contribution in [3.63, 3.8) is 0 Å². The van der Waals surface area contributed by atoms with Crippen molar-refractivity contribution in [2.45, 2.75) is 0 Å². The van der Waals surface area contributed by atoms with Gasteiger partial charge in [-0.15, -0.1) is 0 Å². The lowest BCUT2D eigenvalue weighted by Gasteiger charge is -1.98. The molecule has 1 aromatic rings.